The Hall–Kier alpha value is -0.370. The van der Waals surface area contributed by atoms with Crippen LogP contribution in [0.15, 0.2) is 24.5 Å². The van der Waals surface area contributed by atoms with E-state index >= 15 is 0 Å². The summed E-state index contributed by atoms with van der Waals surface area (Å²) in [5.41, 5.74) is 0. The van der Waals surface area contributed by atoms with Gasteiger partial charge in [0.05, 0.1) is 0 Å². The minimum atomic E-state index is -4.04. The van der Waals surface area contributed by atoms with Crippen LogP contribution in [0.2, 0.25) is 0 Å². The van der Waals surface area contributed by atoms with Crippen LogP contribution in [-0.2, 0) is 4.57 Å². The Morgan fingerprint density at radius 3 is 2.22 bits per heavy atom. The van der Waals surface area contributed by atoms with E-state index in [-0.39, 0.29) is 11.7 Å². The van der Waals surface area contributed by atoms with Crippen LogP contribution < -0.4 is 0 Å². The Bertz CT molecular complexity index is 167. The lowest BCUT2D eigenvalue weighted by molar-refractivity contribution is 0.381. The van der Waals surface area contributed by atoms with Gasteiger partial charge in [0.1, 0.15) is 0 Å². The first kappa shape index (κ1) is 8.63. The first-order valence-electron chi connectivity index (χ1n) is 2.33. The molecule has 0 aromatic heterocycles. The third-order valence-corrected chi connectivity index (χ3v) is 1.80. The smallest absolute Gasteiger partial charge is 0.321 e. The third kappa shape index (κ3) is 3.25. The molecular weight excluding hydrogens is 139 g/mol. The minimum Gasteiger partial charge on any atom is -0.321 e. The van der Waals surface area contributed by atoms with Crippen molar-refractivity contribution < 1.29 is 14.4 Å². The lowest BCUT2D eigenvalue weighted by Gasteiger charge is -2.02. The molecule has 0 rings (SSSR count). The summed E-state index contributed by atoms with van der Waals surface area (Å²) in [5, 5.41) is -0.0856. The maximum Gasteiger partial charge on any atom is 0.351 e. The fourth-order valence-corrected chi connectivity index (χ4v) is 0.652. The van der Waals surface area contributed by atoms with Crippen molar-refractivity contribution in [3.8, 4) is 0 Å². The van der Waals surface area contributed by atoms with Gasteiger partial charge in [-0.25, -0.2) is 0 Å². The lowest BCUT2D eigenvalue weighted by Crippen LogP contribution is -1.80. The molecular formula is C5H9O3P. The van der Waals surface area contributed by atoms with Crippen molar-refractivity contribution in [2.24, 2.45) is 0 Å². The summed E-state index contributed by atoms with van der Waals surface area (Å²) >= 11 is 0. The zero-order valence-electron chi connectivity index (χ0n) is 4.95. The molecule has 0 bridgehead atoms. The second-order valence-electron chi connectivity index (χ2n) is 1.60. The molecule has 2 N–H and O–H groups in total. The third-order valence-electron chi connectivity index (χ3n) is 0.792. The molecule has 0 heterocycles. The van der Waals surface area contributed by atoms with Crippen molar-refractivity contribution in [1.82, 2.24) is 0 Å². The van der Waals surface area contributed by atoms with Crippen LogP contribution in [0.25, 0.3) is 0 Å². The molecule has 0 saturated heterocycles. The van der Waals surface area contributed by atoms with Gasteiger partial charge in [-0.05, 0) is 6.42 Å². The first-order valence-corrected chi connectivity index (χ1v) is 3.94. The van der Waals surface area contributed by atoms with E-state index in [0.29, 0.717) is 0 Å². The Labute approximate surface area is 53.9 Å². The lowest BCUT2D eigenvalue weighted by atomic mass is 10.4. The predicted octanol–water partition coefficient (Wildman–Crippen LogP) is 1.25. The summed E-state index contributed by atoms with van der Waals surface area (Å²) in [6.07, 6.45) is 1.58. The van der Waals surface area contributed by atoms with Crippen molar-refractivity contribution in [3.05, 3.63) is 24.5 Å². The number of hydrogen-bond donors (Lipinski definition) is 2. The highest BCUT2D eigenvalue weighted by Crippen LogP contribution is 2.45. The van der Waals surface area contributed by atoms with Crippen LogP contribution in [0.1, 0.15) is 6.42 Å². The van der Waals surface area contributed by atoms with Crippen molar-refractivity contribution >= 4 is 7.60 Å². The molecule has 3 nitrogen and oxygen atoms in total. The zero-order chi connectivity index (χ0) is 7.49. The highest BCUT2D eigenvalue weighted by molar-refractivity contribution is 7.56. The van der Waals surface area contributed by atoms with Crippen LogP contribution in [0.3, 0.4) is 0 Å². The Morgan fingerprint density at radius 1 is 1.67 bits per heavy atom. The molecule has 0 fully saturated rings. The van der Waals surface area contributed by atoms with Crippen LogP contribution in [0, 0.1) is 0 Å². The molecule has 0 saturated carbocycles. The summed E-state index contributed by atoms with van der Waals surface area (Å²) in [6.45, 7) is 6.49. The van der Waals surface area contributed by atoms with Gasteiger partial charge in [-0.1, -0.05) is 12.7 Å². The van der Waals surface area contributed by atoms with E-state index < -0.39 is 7.60 Å². The summed E-state index contributed by atoms with van der Waals surface area (Å²) in [7, 11) is -4.04. The average Bonchev–Trinajstić information content (AvgIpc) is 1.64. The topological polar surface area (TPSA) is 57.5 Å². The van der Waals surface area contributed by atoms with Gasteiger partial charge < -0.3 is 9.79 Å². The van der Waals surface area contributed by atoms with Crippen LogP contribution >= 0.6 is 7.60 Å². The van der Waals surface area contributed by atoms with Gasteiger partial charge in [-0.2, -0.15) is 0 Å². The second kappa shape index (κ2) is 2.97. The highest BCUT2D eigenvalue weighted by atomic mass is 31.2. The van der Waals surface area contributed by atoms with Gasteiger partial charge in [0.2, 0.25) is 0 Å². The zero-order valence-corrected chi connectivity index (χ0v) is 5.84. The molecule has 0 aliphatic heterocycles. The van der Waals surface area contributed by atoms with E-state index in [2.05, 4.69) is 13.2 Å². The largest absolute Gasteiger partial charge is 0.351 e. The average molecular weight is 148 g/mol. The van der Waals surface area contributed by atoms with Crippen LogP contribution in [-0.4, -0.2) is 9.79 Å². The summed E-state index contributed by atoms with van der Waals surface area (Å²) < 4.78 is 10.3. The molecule has 9 heavy (non-hydrogen) atoms. The number of hydrogen-bond acceptors (Lipinski definition) is 1. The van der Waals surface area contributed by atoms with Crippen LogP contribution in [0.5, 0.6) is 0 Å². The van der Waals surface area contributed by atoms with Gasteiger partial charge in [0.15, 0.2) is 0 Å². The molecule has 52 valence electrons. The maximum absolute atomic E-state index is 10.3. The fourth-order valence-electron chi connectivity index (χ4n) is 0.286. The van der Waals surface area contributed by atoms with Gasteiger partial charge in [0, 0.05) is 5.31 Å². The standard InChI is InChI=1S/C5H9O3P/c1-3-4-5(2)9(6,7)8/h3H,1-2,4H2,(H2,6,7,8). The van der Waals surface area contributed by atoms with Crippen LogP contribution in [0.4, 0.5) is 0 Å². The molecule has 0 aromatic rings. The van der Waals surface area contributed by atoms with E-state index in [1.165, 1.54) is 6.08 Å². The van der Waals surface area contributed by atoms with Crippen molar-refractivity contribution in [3.63, 3.8) is 0 Å². The van der Waals surface area contributed by atoms with Crippen molar-refractivity contribution in [1.29, 1.82) is 0 Å². The van der Waals surface area contributed by atoms with Crippen molar-refractivity contribution in [2.45, 2.75) is 6.42 Å². The molecule has 0 unspecified atom stereocenters. The summed E-state index contributed by atoms with van der Waals surface area (Å²) in [5.74, 6) is 0. The van der Waals surface area contributed by atoms with E-state index in [1.54, 1.807) is 0 Å². The monoisotopic (exact) mass is 148 g/mol. The summed E-state index contributed by atoms with van der Waals surface area (Å²) in [4.78, 5) is 16.8. The van der Waals surface area contributed by atoms with E-state index in [4.69, 9.17) is 9.79 Å². The van der Waals surface area contributed by atoms with Gasteiger partial charge in [0.25, 0.3) is 0 Å². The molecule has 0 radical (unpaired) electrons. The van der Waals surface area contributed by atoms with E-state index in [9.17, 15) is 4.57 Å². The quantitative estimate of drug-likeness (QED) is 0.467. The number of allylic oxidation sites excluding steroid dienone is 2. The minimum absolute atomic E-state index is 0.0856. The molecule has 0 aliphatic carbocycles. The molecule has 4 heteroatoms. The highest BCUT2D eigenvalue weighted by Gasteiger charge is 2.15. The summed E-state index contributed by atoms with van der Waals surface area (Å²) in [6, 6.07) is 0. The first-order chi connectivity index (χ1) is 3.98. The Morgan fingerprint density at radius 2 is 2.11 bits per heavy atom. The van der Waals surface area contributed by atoms with Gasteiger partial charge in [-0.15, -0.1) is 6.58 Å². The van der Waals surface area contributed by atoms with E-state index in [0.717, 1.165) is 0 Å². The SMILES string of the molecule is C=CCC(=C)P(=O)(O)O. The normalized spacial score (nSPS) is 10.9. The van der Waals surface area contributed by atoms with Gasteiger partial charge in [-0.3, -0.25) is 4.57 Å². The molecule has 0 aromatic carbocycles. The molecule has 0 atom stereocenters. The molecule has 0 aliphatic rings. The predicted molar refractivity (Wildman–Crippen MR) is 36.0 cm³/mol. The Kier molecular flexibility index (Phi) is 2.85. The van der Waals surface area contributed by atoms with Gasteiger partial charge >= 0.3 is 7.60 Å². The van der Waals surface area contributed by atoms with Crippen molar-refractivity contribution in [2.75, 3.05) is 0 Å². The number of rotatable bonds is 3. The Balaban J connectivity index is 4.06. The molecule has 0 amide bonds. The second-order valence-corrected chi connectivity index (χ2v) is 3.32. The molecule has 0 spiro atoms. The van der Waals surface area contributed by atoms with E-state index in [1.807, 2.05) is 0 Å². The maximum atomic E-state index is 10.3. The fraction of sp³-hybridized carbons (Fsp3) is 0.200.